The molecule has 1 aliphatic rings. The number of carbonyl (C=O) groups is 1. The van der Waals surface area contributed by atoms with Gasteiger partial charge < -0.3 is 16.0 Å². The minimum absolute atomic E-state index is 0.00348. The first-order valence-electron chi connectivity index (χ1n) is 5.90. The number of rotatable bonds is 4. The van der Waals surface area contributed by atoms with Crippen LogP contribution < -0.4 is 16.0 Å². The molecule has 1 fully saturated rings. The van der Waals surface area contributed by atoms with E-state index < -0.39 is 0 Å². The van der Waals surface area contributed by atoms with E-state index in [4.69, 9.17) is 11.0 Å². The number of amides is 1. The summed E-state index contributed by atoms with van der Waals surface area (Å²) in [6.45, 7) is 0.270. The number of likely N-dealkylation sites (N-methyl/N-ethyl adjacent to an activating group) is 1. The molecule has 0 unspecified atom stereocenters. The first-order chi connectivity index (χ1) is 8.60. The van der Waals surface area contributed by atoms with Gasteiger partial charge in [-0.15, -0.1) is 0 Å². The quantitative estimate of drug-likeness (QED) is 0.769. The minimum Gasteiger partial charge on any atom is -0.397 e. The van der Waals surface area contributed by atoms with E-state index in [-0.39, 0.29) is 12.5 Å². The average molecular weight is 244 g/mol. The Balaban J connectivity index is 2.01. The maximum Gasteiger partial charge on any atom is 0.239 e. The van der Waals surface area contributed by atoms with Crippen molar-refractivity contribution in [1.29, 1.82) is 5.26 Å². The van der Waals surface area contributed by atoms with Gasteiger partial charge in [-0.3, -0.25) is 4.79 Å². The Morgan fingerprint density at radius 1 is 1.61 bits per heavy atom. The summed E-state index contributed by atoms with van der Waals surface area (Å²) in [6.07, 6.45) is 2.16. The fourth-order valence-electron chi connectivity index (χ4n) is 1.77. The molecule has 0 aliphatic heterocycles. The van der Waals surface area contributed by atoms with Gasteiger partial charge >= 0.3 is 0 Å². The molecule has 94 valence electrons. The lowest BCUT2D eigenvalue weighted by atomic mass is 10.2. The van der Waals surface area contributed by atoms with Crippen LogP contribution in [-0.2, 0) is 4.79 Å². The van der Waals surface area contributed by atoms with E-state index in [2.05, 4.69) is 5.32 Å². The Labute approximate surface area is 106 Å². The summed E-state index contributed by atoms with van der Waals surface area (Å²) in [5.74, 6) is 0.00348. The SMILES string of the molecule is CN(CC(=O)NC1CC1)c1ccc(C#N)cc1N. The molecule has 2 rings (SSSR count). The maximum absolute atomic E-state index is 11.7. The molecule has 1 saturated carbocycles. The average Bonchev–Trinajstić information content (AvgIpc) is 3.12. The Hall–Kier alpha value is -2.22. The molecule has 0 spiro atoms. The van der Waals surface area contributed by atoms with Crippen LogP contribution in [0, 0.1) is 11.3 Å². The highest BCUT2D eigenvalue weighted by atomic mass is 16.2. The van der Waals surface area contributed by atoms with E-state index in [1.807, 2.05) is 13.1 Å². The number of benzene rings is 1. The summed E-state index contributed by atoms with van der Waals surface area (Å²) in [5.41, 5.74) is 7.66. The molecule has 0 saturated heterocycles. The second kappa shape index (κ2) is 4.96. The number of carbonyl (C=O) groups excluding carboxylic acids is 1. The molecule has 1 amide bonds. The van der Waals surface area contributed by atoms with E-state index >= 15 is 0 Å². The van der Waals surface area contributed by atoms with E-state index in [0.717, 1.165) is 18.5 Å². The van der Waals surface area contributed by atoms with Gasteiger partial charge in [0.25, 0.3) is 0 Å². The molecular formula is C13H16N4O. The van der Waals surface area contributed by atoms with E-state index in [1.165, 1.54) is 0 Å². The monoisotopic (exact) mass is 244 g/mol. The van der Waals surface area contributed by atoms with Crippen LogP contribution in [0.1, 0.15) is 18.4 Å². The number of anilines is 2. The first-order valence-corrected chi connectivity index (χ1v) is 5.90. The molecule has 0 bridgehead atoms. The fraction of sp³-hybridized carbons (Fsp3) is 0.385. The largest absolute Gasteiger partial charge is 0.397 e. The van der Waals surface area contributed by atoms with Crippen molar-refractivity contribution in [1.82, 2.24) is 5.32 Å². The normalized spacial score (nSPS) is 13.8. The Morgan fingerprint density at radius 3 is 2.89 bits per heavy atom. The summed E-state index contributed by atoms with van der Waals surface area (Å²) in [6, 6.07) is 7.47. The van der Waals surface area contributed by atoms with Crippen molar-refractivity contribution >= 4 is 17.3 Å². The smallest absolute Gasteiger partial charge is 0.239 e. The number of hydrogen-bond donors (Lipinski definition) is 2. The number of nitrogens with one attached hydrogen (secondary N) is 1. The topological polar surface area (TPSA) is 82.2 Å². The molecule has 0 radical (unpaired) electrons. The van der Waals surface area contributed by atoms with Crippen molar-refractivity contribution in [2.24, 2.45) is 0 Å². The van der Waals surface area contributed by atoms with E-state index in [0.29, 0.717) is 17.3 Å². The Morgan fingerprint density at radius 2 is 2.33 bits per heavy atom. The van der Waals surface area contributed by atoms with Crippen LogP contribution in [0.3, 0.4) is 0 Å². The molecule has 0 heterocycles. The van der Waals surface area contributed by atoms with Crippen molar-refractivity contribution in [3.8, 4) is 6.07 Å². The highest BCUT2D eigenvalue weighted by molar-refractivity contribution is 5.83. The summed E-state index contributed by atoms with van der Waals surface area (Å²) in [4.78, 5) is 13.5. The number of nitrogen functional groups attached to an aromatic ring is 1. The second-order valence-electron chi connectivity index (χ2n) is 4.58. The van der Waals surface area contributed by atoms with Gasteiger partial charge in [0, 0.05) is 13.1 Å². The molecule has 18 heavy (non-hydrogen) atoms. The Bertz CT molecular complexity index is 502. The van der Waals surface area contributed by atoms with E-state index in [1.54, 1.807) is 23.1 Å². The summed E-state index contributed by atoms with van der Waals surface area (Å²) in [7, 11) is 1.81. The van der Waals surface area contributed by atoms with Crippen LogP contribution in [0.5, 0.6) is 0 Å². The first kappa shape index (κ1) is 12.2. The van der Waals surface area contributed by atoms with Crippen LogP contribution in [0.4, 0.5) is 11.4 Å². The molecule has 0 aromatic heterocycles. The summed E-state index contributed by atoms with van der Waals surface area (Å²) >= 11 is 0. The van der Waals surface area contributed by atoms with Crippen LogP contribution in [0.15, 0.2) is 18.2 Å². The van der Waals surface area contributed by atoms with Gasteiger partial charge in [-0.1, -0.05) is 0 Å². The molecule has 0 atom stereocenters. The number of nitriles is 1. The third-order valence-electron chi connectivity index (χ3n) is 2.89. The van der Waals surface area contributed by atoms with Gasteiger partial charge in [-0.2, -0.15) is 5.26 Å². The Kier molecular flexibility index (Phi) is 3.38. The molecule has 1 aliphatic carbocycles. The van der Waals surface area contributed by atoms with Crippen LogP contribution in [0.25, 0.3) is 0 Å². The van der Waals surface area contributed by atoms with Crippen molar-refractivity contribution in [2.45, 2.75) is 18.9 Å². The molecule has 3 N–H and O–H groups in total. The number of hydrogen-bond acceptors (Lipinski definition) is 4. The maximum atomic E-state index is 11.7. The third-order valence-corrected chi connectivity index (χ3v) is 2.89. The lowest BCUT2D eigenvalue weighted by Crippen LogP contribution is -2.36. The number of nitrogens with zero attached hydrogens (tertiary/aromatic N) is 2. The van der Waals surface area contributed by atoms with Crippen molar-refractivity contribution < 1.29 is 4.79 Å². The lowest BCUT2D eigenvalue weighted by Gasteiger charge is -2.20. The van der Waals surface area contributed by atoms with Gasteiger partial charge in [0.05, 0.1) is 29.6 Å². The molecule has 1 aromatic rings. The molecule has 1 aromatic carbocycles. The second-order valence-corrected chi connectivity index (χ2v) is 4.58. The fourth-order valence-corrected chi connectivity index (χ4v) is 1.77. The van der Waals surface area contributed by atoms with Crippen molar-refractivity contribution in [3.05, 3.63) is 23.8 Å². The zero-order chi connectivity index (χ0) is 13.1. The van der Waals surface area contributed by atoms with Gasteiger partial charge in [0.2, 0.25) is 5.91 Å². The number of nitrogens with two attached hydrogens (primary N) is 1. The van der Waals surface area contributed by atoms with Crippen LogP contribution in [-0.4, -0.2) is 25.5 Å². The van der Waals surface area contributed by atoms with Gasteiger partial charge in [0.15, 0.2) is 0 Å². The van der Waals surface area contributed by atoms with Crippen molar-refractivity contribution in [2.75, 3.05) is 24.2 Å². The van der Waals surface area contributed by atoms with Crippen molar-refractivity contribution in [3.63, 3.8) is 0 Å². The standard InChI is InChI=1S/C13H16N4O/c1-17(8-13(18)16-10-3-4-10)12-5-2-9(7-14)6-11(12)15/h2,5-6,10H,3-4,8,15H2,1H3,(H,16,18). The van der Waals surface area contributed by atoms with E-state index in [9.17, 15) is 4.79 Å². The third kappa shape index (κ3) is 2.92. The zero-order valence-corrected chi connectivity index (χ0v) is 10.3. The predicted octanol–water partition coefficient (Wildman–Crippen LogP) is 0.855. The highest BCUT2D eigenvalue weighted by Gasteiger charge is 2.23. The summed E-state index contributed by atoms with van der Waals surface area (Å²) in [5, 5.41) is 11.7. The van der Waals surface area contributed by atoms with Gasteiger partial charge in [0.1, 0.15) is 0 Å². The molecule has 5 heteroatoms. The highest BCUT2D eigenvalue weighted by Crippen LogP contribution is 2.23. The van der Waals surface area contributed by atoms with Gasteiger partial charge in [-0.25, -0.2) is 0 Å². The van der Waals surface area contributed by atoms with Crippen LogP contribution in [0.2, 0.25) is 0 Å². The summed E-state index contributed by atoms with van der Waals surface area (Å²) < 4.78 is 0. The molecule has 5 nitrogen and oxygen atoms in total. The lowest BCUT2D eigenvalue weighted by molar-refractivity contribution is -0.119. The minimum atomic E-state index is 0.00348. The van der Waals surface area contributed by atoms with Gasteiger partial charge in [-0.05, 0) is 31.0 Å². The zero-order valence-electron chi connectivity index (χ0n) is 10.3. The predicted molar refractivity (Wildman–Crippen MR) is 70.0 cm³/mol. The van der Waals surface area contributed by atoms with Crippen LogP contribution >= 0.6 is 0 Å². The molecular weight excluding hydrogens is 228 g/mol.